The summed E-state index contributed by atoms with van der Waals surface area (Å²) >= 11 is 6.53. The molecule has 5 nitrogen and oxygen atoms in total. The van der Waals surface area contributed by atoms with E-state index in [1.807, 2.05) is 32.2 Å². The van der Waals surface area contributed by atoms with E-state index in [1.165, 1.54) is 11.3 Å². The largest absolute Gasteiger partial charge is 0.332 e. The second-order valence-corrected chi connectivity index (χ2v) is 7.53. The van der Waals surface area contributed by atoms with E-state index in [4.69, 9.17) is 12.2 Å². The molecule has 0 aliphatic rings. The molecule has 2 rings (SSSR count). The average Bonchev–Trinajstić information content (AvgIpc) is 3.00. The van der Waals surface area contributed by atoms with Gasteiger partial charge in [0.15, 0.2) is 5.11 Å². The summed E-state index contributed by atoms with van der Waals surface area (Å²) in [5.41, 5.74) is 0.795. The first kappa shape index (κ1) is 18.1. The molecule has 0 aliphatic heterocycles. The van der Waals surface area contributed by atoms with Gasteiger partial charge < -0.3 is 16.0 Å². The van der Waals surface area contributed by atoms with Crippen LogP contribution in [0.4, 0.5) is 11.4 Å². The van der Waals surface area contributed by atoms with Crippen LogP contribution >= 0.6 is 23.6 Å². The first-order chi connectivity index (χ1) is 11.3. The summed E-state index contributed by atoms with van der Waals surface area (Å²) in [6.07, 6.45) is 0. The van der Waals surface area contributed by atoms with Crippen molar-refractivity contribution in [2.24, 2.45) is 5.41 Å². The molecule has 0 unspecified atom stereocenters. The van der Waals surface area contributed by atoms with Crippen LogP contribution in [0.25, 0.3) is 0 Å². The summed E-state index contributed by atoms with van der Waals surface area (Å²) in [5.74, 6) is -0.326. The number of thiophene rings is 1. The Balaban J connectivity index is 1.99. The highest BCUT2D eigenvalue weighted by Gasteiger charge is 2.21. The van der Waals surface area contributed by atoms with Gasteiger partial charge in [0, 0.05) is 16.8 Å². The highest BCUT2D eigenvalue weighted by molar-refractivity contribution is 7.80. The van der Waals surface area contributed by atoms with E-state index in [-0.39, 0.29) is 16.9 Å². The zero-order valence-corrected chi connectivity index (χ0v) is 15.3. The van der Waals surface area contributed by atoms with Gasteiger partial charge in [0.1, 0.15) is 0 Å². The van der Waals surface area contributed by atoms with Crippen LogP contribution in [0.5, 0.6) is 0 Å². The summed E-state index contributed by atoms with van der Waals surface area (Å²) < 4.78 is 0. The highest BCUT2D eigenvalue weighted by Crippen LogP contribution is 2.18. The molecule has 0 spiro atoms. The average molecular weight is 361 g/mol. The molecule has 2 amide bonds. The predicted octanol–water partition coefficient (Wildman–Crippen LogP) is 3.86. The van der Waals surface area contributed by atoms with Crippen molar-refractivity contribution in [1.29, 1.82) is 0 Å². The third-order valence-electron chi connectivity index (χ3n) is 3.03. The van der Waals surface area contributed by atoms with Gasteiger partial charge in [-0.1, -0.05) is 32.9 Å². The number of rotatable bonds is 3. The fourth-order valence-corrected chi connectivity index (χ4v) is 2.56. The topological polar surface area (TPSA) is 70.2 Å². The fraction of sp³-hybridized carbons (Fsp3) is 0.235. The summed E-state index contributed by atoms with van der Waals surface area (Å²) in [6.45, 7) is 5.43. The van der Waals surface area contributed by atoms with Gasteiger partial charge in [0.25, 0.3) is 5.91 Å². The third-order valence-corrected chi connectivity index (χ3v) is 4.10. The number of thiocarbonyl (C=S) groups is 1. The first-order valence-corrected chi connectivity index (χ1v) is 8.62. The lowest BCUT2D eigenvalue weighted by Gasteiger charge is -2.18. The molecule has 3 N–H and O–H groups in total. The van der Waals surface area contributed by atoms with Gasteiger partial charge in [-0.05, 0) is 41.9 Å². The van der Waals surface area contributed by atoms with E-state index in [2.05, 4.69) is 16.0 Å². The molecule has 1 heterocycles. The van der Waals surface area contributed by atoms with Crippen LogP contribution in [-0.2, 0) is 4.79 Å². The second kappa shape index (κ2) is 7.55. The van der Waals surface area contributed by atoms with Crippen molar-refractivity contribution >= 4 is 51.9 Å². The number of carbonyl (C=O) groups is 2. The van der Waals surface area contributed by atoms with Crippen molar-refractivity contribution in [3.8, 4) is 0 Å². The molecule has 24 heavy (non-hydrogen) atoms. The van der Waals surface area contributed by atoms with Crippen molar-refractivity contribution in [3.05, 3.63) is 46.7 Å². The number of benzene rings is 1. The van der Waals surface area contributed by atoms with E-state index in [0.29, 0.717) is 16.3 Å². The number of amides is 2. The summed E-state index contributed by atoms with van der Waals surface area (Å²) in [4.78, 5) is 24.6. The van der Waals surface area contributed by atoms with Crippen LogP contribution in [-0.4, -0.2) is 16.9 Å². The van der Waals surface area contributed by atoms with Crippen LogP contribution in [0.1, 0.15) is 30.4 Å². The number of nitrogens with one attached hydrogen (secondary N) is 3. The van der Waals surface area contributed by atoms with Gasteiger partial charge in [0.2, 0.25) is 5.91 Å². The van der Waals surface area contributed by atoms with E-state index in [1.54, 1.807) is 30.3 Å². The molecule has 1 aromatic carbocycles. The molecule has 1 aromatic heterocycles. The van der Waals surface area contributed by atoms with E-state index in [0.717, 1.165) is 0 Å². The molecular weight excluding hydrogens is 342 g/mol. The number of anilines is 2. The molecule has 0 fully saturated rings. The predicted molar refractivity (Wildman–Crippen MR) is 103 cm³/mol. The minimum absolute atomic E-state index is 0.161. The molecule has 7 heteroatoms. The standard InChI is InChI=1S/C17H19N3O2S2/c1-17(2,3)15(22)20-16(23)19-12-7-4-6-11(10-12)18-14(21)13-8-5-9-24-13/h4-10H,1-3H3,(H,18,21)(H2,19,20,22,23). The molecule has 126 valence electrons. The molecule has 0 saturated carbocycles. The van der Waals surface area contributed by atoms with E-state index >= 15 is 0 Å². The Hall–Kier alpha value is -2.25. The monoisotopic (exact) mass is 361 g/mol. The van der Waals surface area contributed by atoms with Crippen molar-refractivity contribution in [3.63, 3.8) is 0 Å². The Morgan fingerprint density at radius 1 is 1.04 bits per heavy atom. The van der Waals surface area contributed by atoms with Gasteiger partial charge in [-0.25, -0.2) is 0 Å². The van der Waals surface area contributed by atoms with Crippen LogP contribution in [0.2, 0.25) is 0 Å². The van der Waals surface area contributed by atoms with Gasteiger partial charge in [-0.2, -0.15) is 0 Å². The quantitative estimate of drug-likeness (QED) is 0.726. The number of carbonyl (C=O) groups excluding carboxylic acids is 2. The Labute approximate surface area is 150 Å². The maximum absolute atomic E-state index is 12.1. The molecular formula is C17H19N3O2S2. The van der Waals surface area contributed by atoms with Crippen LogP contribution in [0, 0.1) is 5.41 Å². The summed E-state index contributed by atoms with van der Waals surface area (Å²) in [7, 11) is 0. The van der Waals surface area contributed by atoms with Crippen LogP contribution in [0.15, 0.2) is 41.8 Å². The Morgan fingerprint density at radius 2 is 1.71 bits per heavy atom. The lowest BCUT2D eigenvalue weighted by molar-refractivity contribution is -0.126. The Bertz CT molecular complexity index is 749. The number of hydrogen-bond donors (Lipinski definition) is 3. The van der Waals surface area contributed by atoms with Crippen molar-refractivity contribution < 1.29 is 9.59 Å². The zero-order chi connectivity index (χ0) is 17.7. The fourth-order valence-electron chi connectivity index (χ4n) is 1.73. The van der Waals surface area contributed by atoms with Crippen molar-refractivity contribution in [1.82, 2.24) is 5.32 Å². The lowest BCUT2D eigenvalue weighted by atomic mass is 9.96. The number of hydrogen-bond acceptors (Lipinski definition) is 4. The molecule has 0 atom stereocenters. The van der Waals surface area contributed by atoms with Crippen LogP contribution in [0.3, 0.4) is 0 Å². The van der Waals surface area contributed by atoms with Gasteiger partial charge in [-0.15, -0.1) is 11.3 Å². The molecule has 0 radical (unpaired) electrons. The summed E-state index contributed by atoms with van der Waals surface area (Å²) in [5, 5.41) is 10.5. The maximum atomic E-state index is 12.1. The minimum atomic E-state index is -0.526. The van der Waals surface area contributed by atoms with Crippen molar-refractivity contribution in [2.75, 3.05) is 10.6 Å². The Kier molecular flexibility index (Phi) is 5.69. The highest BCUT2D eigenvalue weighted by atomic mass is 32.1. The Morgan fingerprint density at radius 3 is 2.29 bits per heavy atom. The SMILES string of the molecule is CC(C)(C)C(=O)NC(=S)Nc1cccc(NC(=O)c2cccs2)c1. The zero-order valence-electron chi connectivity index (χ0n) is 13.7. The first-order valence-electron chi connectivity index (χ1n) is 7.33. The van der Waals surface area contributed by atoms with Crippen molar-refractivity contribution in [2.45, 2.75) is 20.8 Å². The van der Waals surface area contributed by atoms with Gasteiger partial charge >= 0.3 is 0 Å². The van der Waals surface area contributed by atoms with Gasteiger partial charge in [0.05, 0.1) is 4.88 Å². The molecule has 0 bridgehead atoms. The van der Waals surface area contributed by atoms with Gasteiger partial charge in [-0.3, -0.25) is 9.59 Å². The minimum Gasteiger partial charge on any atom is -0.332 e. The van der Waals surface area contributed by atoms with E-state index < -0.39 is 5.41 Å². The van der Waals surface area contributed by atoms with Crippen LogP contribution < -0.4 is 16.0 Å². The molecule has 2 aromatic rings. The normalized spacial score (nSPS) is 10.8. The lowest BCUT2D eigenvalue weighted by Crippen LogP contribution is -2.41. The van der Waals surface area contributed by atoms with E-state index in [9.17, 15) is 9.59 Å². The molecule has 0 aliphatic carbocycles. The smallest absolute Gasteiger partial charge is 0.265 e. The second-order valence-electron chi connectivity index (χ2n) is 6.17. The summed E-state index contributed by atoms with van der Waals surface area (Å²) in [6, 6.07) is 10.7. The third kappa shape index (κ3) is 5.14. The molecule has 0 saturated heterocycles. The maximum Gasteiger partial charge on any atom is 0.265 e.